The minimum absolute atomic E-state index is 0.286. The summed E-state index contributed by atoms with van der Waals surface area (Å²) in [4.78, 5) is 5.33. The first-order valence-electron chi connectivity index (χ1n) is 6.60. The Kier molecular flexibility index (Phi) is 4.80. The number of nitrogens with zero attached hydrogens (tertiary/aromatic N) is 1. The summed E-state index contributed by atoms with van der Waals surface area (Å²) < 4.78 is 0. The second-order valence-corrected chi connectivity index (χ2v) is 8.32. The van der Waals surface area contributed by atoms with Crippen molar-refractivity contribution in [1.82, 2.24) is 4.98 Å². The molecule has 0 aliphatic rings. The molecule has 1 atom stereocenters. The molecule has 102 valence electrons. The van der Waals surface area contributed by atoms with Gasteiger partial charge in [-0.3, -0.25) is 0 Å². The molecule has 0 saturated heterocycles. The Hall–Kier alpha value is -0.670. The summed E-state index contributed by atoms with van der Waals surface area (Å²) in [5.41, 5.74) is 2.59. The lowest BCUT2D eigenvalue weighted by Crippen LogP contribution is -2.18. The third-order valence-corrected chi connectivity index (χ3v) is 4.26. The molecule has 1 unspecified atom stereocenters. The molecule has 1 aromatic carbocycles. The fourth-order valence-electron chi connectivity index (χ4n) is 2.38. The van der Waals surface area contributed by atoms with E-state index in [0.29, 0.717) is 4.83 Å². The number of hydrogen-bond donors (Lipinski definition) is 0. The van der Waals surface area contributed by atoms with Crippen LogP contribution in [0.5, 0.6) is 0 Å². The van der Waals surface area contributed by atoms with Crippen molar-refractivity contribution in [2.45, 2.75) is 38.4 Å². The minimum Gasteiger partial charge on any atom is -0.241 e. The number of benzene rings is 1. The van der Waals surface area contributed by atoms with Gasteiger partial charge >= 0.3 is 0 Å². The van der Waals surface area contributed by atoms with Crippen LogP contribution < -0.4 is 0 Å². The van der Waals surface area contributed by atoms with Crippen LogP contribution in [0.3, 0.4) is 0 Å². The van der Waals surface area contributed by atoms with E-state index in [9.17, 15) is 0 Å². The Morgan fingerprint density at radius 1 is 1.26 bits per heavy atom. The maximum absolute atomic E-state index is 4.78. The maximum Gasteiger partial charge on any atom is 0.0937 e. The third kappa shape index (κ3) is 4.43. The Balaban J connectivity index is 2.10. The number of hydrogen-bond acceptors (Lipinski definition) is 2. The van der Waals surface area contributed by atoms with E-state index < -0.39 is 0 Å². The summed E-state index contributed by atoms with van der Waals surface area (Å²) >= 11 is 5.42. The molecule has 1 aromatic heterocycles. The number of thiazole rings is 1. The molecule has 0 fully saturated rings. The quantitative estimate of drug-likeness (QED) is 0.651. The van der Waals surface area contributed by atoms with Crippen LogP contribution in [-0.4, -0.2) is 9.81 Å². The van der Waals surface area contributed by atoms with Gasteiger partial charge in [0.05, 0.1) is 10.7 Å². The van der Waals surface area contributed by atoms with E-state index in [2.05, 4.69) is 66.3 Å². The number of halogens is 1. The molecule has 0 bridgehead atoms. The predicted molar refractivity (Wildman–Crippen MR) is 88.0 cm³/mol. The van der Waals surface area contributed by atoms with Crippen LogP contribution in [0.2, 0.25) is 0 Å². The normalized spacial score (nSPS) is 13.5. The molecule has 0 spiro atoms. The minimum atomic E-state index is 0.286. The molecular weight excluding hydrogens is 318 g/mol. The topological polar surface area (TPSA) is 12.9 Å². The van der Waals surface area contributed by atoms with Crippen molar-refractivity contribution in [3.63, 3.8) is 0 Å². The zero-order chi connectivity index (χ0) is 13.9. The zero-order valence-electron chi connectivity index (χ0n) is 11.7. The van der Waals surface area contributed by atoms with Gasteiger partial charge in [0, 0.05) is 22.2 Å². The van der Waals surface area contributed by atoms with Gasteiger partial charge in [-0.25, -0.2) is 4.98 Å². The van der Waals surface area contributed by atoms with Gasteiger partial charge in [0.15, 0.2) is 0 Å². The van der Waals surface area contributed by atoms with E-state index in [4.69, 9.17) is 4.98 Å². The highest BCUT2D eigenvalue weighted by atomic mass is 79.9. The highest BCUT2D eigenvalue weighted by molar-refractivity contribution is 9.09. The van der Waals surface area contributed by atoms with Crippen molar-refractivity contribution >= 4 is 27.3 Å². The van der Waals surface area contributed by atoms with E-state index in [-0.39, 0.29) is 5.41 Å². The molecule has 2 rings (SSSR count). The molecule has 0 radical (unpaired) electrons. The lowest BCUT2D eigenvalue weighted by Gasteiger charge is -2.24. The first-order chi connectivity index (χ1) is 8.96. The molecule has 0 saturated carbocycles. The van der Waals surface area contributed by atoms with E-state index in [1.54, 1.807) is 11.3 Å². The summed E-state index contributed by atoms with van der Waals surface area (Å²) in [5.74, 6) is 0. The summed E-state index contributed by atoms with van der Waals surface area (Å²) in [6, 6.07) is 10.4. The molecule has 0 N–H and O–H groups in total. The number of aromatic nitrogens is 1. The van der Waals surface area contributed by atoms with Gasteiger partial charge in [0.25, 0.3) is 0 Å². The molecular formula is C16H20BrNS. The Labute approximate surface area is 128 Å². The van der Waals surface area contributed by atoms with Gasteiger partial charge in [-0.15, -0.1) is 11.3 Å². The lowest BCUT2D eigenvalue weighted by molar-refractivity contribution is 0.334. The highest BCUT2D eigenvalue weighted by Crippen LogP contribution is 2.32. The van der Waals surface area contributed by atoms with Gasteiger partial charge < -0.3 is 0 Å². The van der Waals surface area contributed by atoms with Crippen LogP contribution in [0, 0.1) is 5.41 Å². The number of alkyl halides is 1. The second-order valence-electron chi connectivity index (χ2n) is 5.82. The zero-order valence-corrected chi connectivity index (χ0v) is 14.1. The Bertz CT molecular complexity index is 517. The molecule has 19 heavy (non-hydrogen) atoms. The van der Waals surface area contributed by atoms with Crippen LogP contribution in [0.15, 0.2) is 35.7 Å². The van der Waals surface area contributed by atoms with Crippen LogP contribution in [-0.2, 0) is 6.42 Å². The van der Waals surface area contributed by atoms with Crippen LogP contribution in [0.1, 0.15) is 32.2 Å². The maximum atomic E-state index is 4.78. The number of rotatable bonds is 5. The van der Waals surface area contributed by atoms with Crippen molar-refractivity contribution in [3.05, 3.63) is 40.7 Å². The summed E-state index contributed by atoms with van der Waals surface area (Å²) in [6.45, 7) is 6.84. The lowest BCUT2D eigenvalue weighted by atomic mass is 9.85. The van der Waals surface area contributed by atoms with E-state index in [1.165, 1.54) is 10.6 Å². The first kappa shape index (κ1) is 14.7. The molecule has 1 heterocycles. The van der Waals surface area contributed by atoms with Crippen molar-refractivity contribution in [2.75, 3.05) is 0 Å². The van der Waals surface area contributed by atoms with Crippen LogP contribution >= 0.6 is 27.3 Å². The Morgan fingerprint density at radius 3 is 2.58 bits per heavy atom. The van der Waals surface area contributed by atoms with Gasteiger partial charge in [-0.05, 0) is 11.8 Å². The van der Waals surface area contributed by atoms with E-state index >= 15 is 0 Å². The first-order valence-corrected chi connectivity index (χ1v) is 8.40. The van der Waals surface area contributed by atoms with Crippen LogP contribution in [0.25, 0.3) is 11.3 Å². The van der Waals surface area contributed by atoms with Gasteiger partial charge in [-0.2, -0.15) is 0 Å². The second kappa shape index (κ2) is 6.19. The molecule has 0 aliphatic heterocycles. The summed E-state index contributed by atoms with van der Waals surface area (Å²) in [7, 11) is 0. The largest absolute Gasteiger partial charge is 0.241 e. The highest BCUT2D eigenvalue weighted by Gasteiger charge is 2.22. The molecule has 3 heteroatoms. The fraction of sp³-hybridized carbons (Fsp3) is 0.438. The summed E-state index contributed by atoms with van der Waals surface area (Å²) in [6.07, 6.45) is 2.20. The van der Waals surface area contributed by atoms with E-state index in [0.717, 1.165) is 18.5 Å². The van der Waals surface area contributed by atoms with Crippen molar-refractivity contribution in [2.24, 2.45) is 5.41 Å². The standard InChI is InChI=1S/C16H20BrNS/c1-12(17)9-16(2,3)10-15-18-14(11-19-15)13-7-5-4-6-8-13/h4-8,11-12H,9-10H2,1-3H3. The van der Waals surface area contributed by atoms with Crippen molar-refractivity contribution < 1.29 is 0 Å². The monoisotopic (exact) mass is 337 g/mol. The molecule has 2 aromatic rings. The van der Waals surface area contributed by atoms with Crippen molar-refractivity contribution in [1.29, 1.82) is 0 Å². The third-order valence-electron chi connectivity index (χ3n) is 3.08. The fourth-order valence-corrected chi connectivity index (χ4v) is 4.31. The molecule has 1 nitrogen and oxygen atoms in total. The average molecular weight is 338 g/mol. The summed E-state index contributed by atoms with van der Waals surface area (Å²) in [5, 5.41) is 3.40. The van der Waals surface area contributed by atoms with E-state index in [1.807, 2.05) is 6.07 Å². The smallest absolute Gasteiger partial charge is 0.0937 e. The molecule has 0 amide bonds. The average Bonchev–Trinajstić information content (AvgIpc) is 2.76. The molecule has 0 aliphatic carbocycles. The van der Waals surface area contributed by atoms with Gasteiger partial charge in [0.2, 0.25) is 0 Å². The predicted octanol–water partition coefficient (Wildman–Crippen LogP) is 5.55. The van der Waals surface area contributed by atoms with Crippen molar-refractivity contribution in [3.8, 4) is 11.3 Å². The van der Waals surface area contributed by atoms with Crippen LogP contribution in [0.4, 0.5) is 0 Å². The Morgan fingerprint density at radius 2 is 1.95 bits per heavy atom. The van der Waals surface area contributed by atoms with Gasteiger partial charge in [0.1, 0.15) is 0 Å². The SMILES string of the molecule is CC(Br)CC(C)(C)Cc1nc(-c2ccccc2)cs1. The van der Waals surface area contributed by atoms with Gasteiger partial charge in [-0.1, -0.05) is 67.0 Å².